The standard InChI is InChI=1S/C19H25N3OS/c20-11-13-24-18-10-4-2-8-16(18)21-19(23)14-22-12-5-7-15-6-1-3-9-17(15)22/h2,4,8,10,15,17H,1,3,5-7,9,12-14H2,(H,21,23)/p+1/t15-,17+/m1/s1. The summed E-state index contributed by atoms with van der Waals surface area (Å²) in [5, 5.41) is 11.8. The van der Waals surface area contributed by atoms with Crippen LogP contribution in [0.15, 0.2) is 29.2 Å². The first kappa shape index (κ1) is 17.3. The summed E-state index contributed by atoms with van der Waals surface area (Å²) in [6.07, 6.45) is 7.91. The zero-order chi connectivity index (χ0) is 16.8. The molecule has 2 fully saturated rings. The van der Waals surface area contributed by atoms with E-state index in [1.807, 2.05) is 24.3 Å². The zero-order valence-corrected chi connectivity index (χ0v) is 14.9. The van der Waals surface area contributed by atoms with Crippen molar-refractivity contribution in [3.05, 3.63) is 24.3 Å². The van der Waals surface area contributed by atoms with Gasteiger partial charge in [-0.1, -0.05) is 18.6 Å². The van der Waals surface area contributed by atoms with Crippen LogP contribution in [0, 0.1) is 17.2 Å². The highest BCUT2D eigenvalue weighted by Crippen LogP contribution is 2.28. The van der Waals surface area contributed by atoms with E-state index in [9.17, 15) is 4.79 Å². The molecule has 1 amide bonds. The van der Waals surface area contributed by atoms with E-state index in [4.69, 9.17) is 5.26 Å². The molecule has 0 bridgehead atoms. The number of nitrogens with one attached hydrogen (secondary N) is 2. The predicted octanol–water partition coefficient (Wildman–Crippen LogP) is 2.48. The van der Waals surface area contributed by atoms with Crippen LogP contribution in [0.5, 0.6) is 0 Å². The number of para-hydroxylation sites is 1. The van der Waals surface area contributed by atoms with E-state index < -0.39 is 0 Å². The smallest absolute Gasteiger partial charge is 0.279 e. The zero-order valence-electron chi connectivity index (χ0n) is 14.1. The summed E-state index contributed by atoms with van der Waals surface area (Å²) in [6, 6.07) is 10.6. The van der Waals surface area contributed by atoms with Crippen molar-refractivity contribution in [2.45, 2.75) is 49.5 Å². The number of nitrogens with zero attached hydrogens (tertiary/aromatic N) is 1. The van der Waals surface area contributed by atoms with Gasteiger partial charge >= 0.3 is 0 Å². The number of carbonyl (C=O) groups excluding carboxylic acids is 1. The normalized spacial score (nSPS) is 26.2. The number of carbonyl (C=O) groups is 1. The molecule has 1 heterocycles. The molecule has 3 rings (SSSR count). The van der Waals surface area contributed by atoms with Crippen molar-refractivity contribution in [1.29, 1.82) is 5.26 Å². The topological polar surface area (TPSA) is 57.3 Å². The van der Waals surface area contributed by atoms with Crippen LogP contribution >= 0.6 is 11.8 Å². The highest BCUT2D eigenvalue weighted by atomic mass is 32.2. The van der Waals surface area contributed by atoms with E-state index in [1.54, 1.807) is 0 Å². The SMILES string of the molecule is N#CCSc1ccccc1NC(=O)C[NH+]1CCC[C@H]2CCCC[C@@H]21. The lowest BCUT2D eigenvalue weighted by Gasteiger charge is -2.40. The lowest BCUT2D eigenvalue weighted by atomic mass is 9.78. The van der Waals surface area contributed by atoms with E-state index in [2.05, 4.69) is 11.4 Å². The Hall–Kier alpha value is -1.51. The molecule has 5 heteroatoms. The van der Waals surface area contributed by atoms with E-state index in [1.165, 1.54) is 55.2 Å². The van der Waals surface area contributed by atoms with Gasteiger partial charge < -0.3 is 10.2 Å². The molecular weight excluding hydrogens is 318 g/mol. The Morgan fingerprint density at radius 3 is 2.92 bits per heavy atom. The number of likely N-dealkylation sites (tertiary alicyclic amines) is 1. The second-order valence-electron chi connectivity index (χ2n) is 6.87. The van der Waals surface area contributed by atoms with Crippen LogP contribution in [0.4, 0.5) is 5.69 Å². The Bertz CT molecular complexity index is 611. The molecule has 1 aliphatic carbocycles. The van der Waals surface area contributed by atoms with Gasteiger partial charge in [0.15, 0.2) is 6.54 Å². The molecule has 1 aromatic carbocycles. The number of benzene rings is 1. The number of hydrogen-bond donors (Lipinski definition) is 2. The Morgan fingerprint density at radius 1 is 1.25 bits per heavy atom. The predicted molar refractivity (Wildman–Crippen MR) is 97.1 cm³/mol. The molecule has 1 unspecified atom stereocenters. The highest BCUT2D eigenvalue weighted by Gasteiger charge is 2.37. The van der Waals surface area contributed by atoms with Gasteiger partial charge in [0.1, 0.15) is 0 Å². The second kappa shape index (κ2) is 8.55. The third-order valence-corrected chi connectivity index (χ3v) is 6.29. The van der Waals surface area contributed by atoms with Crippen LogP contribution in [0.1, 0.15) is 38.5 Å². The molecule has 3 atom stereocenters. The quantitative estimate of drug-likeness (QED) is 0.807. The fraction of sp³-hybridized carbons (Fsp3) is 0.579. The van der Waals surface area contributed by atoms with Gasteiger partial charge in [-0.3, -0.25) is 4.79 Å². The van der Waals surface area contributed by atoms with Crippen molar-refractivity contribution in [3.8, 4) is 6.07 Å². The summed E-state index contributed by atoms with van der Waals surface area (Å²) in [7, 11) is 0. The molecule has 4 nitrogen and oxygen atoms in total. The van der Waals surface area contributed by atoms with Crippen molar-refractivity contribution < 1.29 is 9.69 Å². The number of thioether (sulfide) groups is 1. The van der Waals surface area contributed by atoms with Crippen molar-refractivity contribution in [2.75, 3.05) is 24.2 Å². The molecular formula is C19H26N3OS+. The third-order valence-electron chi connectivity index (χ3n) is 5.35. The number of amides is 1. The molecule has 128 valence electrons. The molecule has 0 radical (unpaired) electrons. The van der Waals surface area contributed by atoms with Crippen molar-refractivity contribution in [1.82, 2.24) is 0 Å². The number of anilines is 1. The Labute approximate surface area is 148 Å². The lowest BCUT2D eigenvalue weighted by Crippen LogP contribution is -3.18. The first-order valence-corrected chi connectivity index (χ1v) is 9.99. The largest absolute Gasteiger partial charge is 0.324 e. The molecule has 1 aromatic rings. The molecule has 1 saturated heterocycles. The summed E-state index contributed by atoms with van der Waals surface area (Å²) in [6.45, 7) is 1.69. The third kappa shape index (κ3) is 4.31. The first-order chi connectivity index (χ1) is 11.8. The molecule has 2 aliphatic rings. The van der Waals surface area contributed by atoms with Crippen molar-refractivity contribution >= 4 is 23.4 Å². The number of quaternary nitrogens is 1. The van der Waals surface area contributed by atoms with E-state index in [0.717, 1.165) is 23.0 Å². The minimum atomic E-state index is 0.0984. The maximum atomic E-state index is 12.6. The van der Waals surface area contributed by atoms with Gasteiger partial charge in [-0.2, -0.15) is 5.26 Å². The summed E-state index contributed by atoms with van der Waals surface area (Å²) < 4.78 is 0. The molecule has 2 N–H and O–H groups in total. The van der Waals surface area contributed by atoms with Crippen LogP contribution < -0.4 is 10.2 Å². The maximum Gasteiger partial charge on any atom is 0.279 e. The summed E-state index contributed by atoms with van der Waals surface area (Å²) in [5.41, 5.74) is 0.833. The number of rotatable bonds is 5. The van der Waals surface area contributed by atoms with Crippen LogP contribution in [0.3, 0.4) is 0 Å². The Kier molecular flexibility index (Phi) is 6.17. The van der Waals surface area contributed by atoms with Crippen LogP contribution in [-0.2, 0) is 4.79 Å². The maximum absolute atomic E-state index is 12.6. The fourth-order valence-electron chi connectivity index (χ4n) is 4.29. The average molecular weight is 345 g/mol. The number of nitriles is 1. The molecule has 1 saturated carbocycles. The average Bonchev–Trinajstić information content (AvgIpc) is 2.61. The summed E-state index contributed by atoms with van der Waals surface area (Å²) in [5.74, 6) is 1.32. The van der Waals surface area contributed by atoms with Crippen molar-refractivity contribution in [2.24, 2.45) is 5.92 Å². The minimum Gasteiger partial charge on any atom is -0.324 e. The van der Waals surface area contributed by atoms with Gasteiger partial charge in [0.25, 0.3) is 5.91 Å². The van der Waals surface area contributed by atoms with E-state index in [0.29, 0.717) is 18.3 Å². The molecule has 24 heavy (non-hydrogen) atoms. The summed E-state index contributed by atoms with van der Waals surface area (Å²) in [4.78, 5) is 15.0. The number of hydrogen-bond acceptors (Lipinski definition) is 3. The van der Waals surface area contributed by atoms with Gasteiger partial charge in [0.2, 0.25) is 0 Å². The lowest BCUT2D eigenvalue weighted by molar-refractivity contribution is -0.928. The number of fused-ring (bicyclic) bond motifs is 1. The van der Waals surface area contributed by atoms with Gasteiger partial charge in [-0.05, 0) is 44.2 Å². The van der Waals surface area contributed by atoms with Gasteiger partial charge in [0, 0.05) is 10.8 Å². The van der Waals surface area contributed by atoms with Crippen LogP contribution in [0.25, 0.3) is 0 Å². The van der Waals surface area contributed by atoms with Gasteiger partial charge in [0.05, 0.1) is 30.1 Å². The van der Waals surface area contributed by atoms with E-state index in [-0.39, 0.29) is 5.91 Å². The van der Waals surface area contributed by atoms with Gasteiger partial charge in [-0.15, -0.1) is 11.8 Å². The van der Waals surface area contributed by atoms with Crippen LogP contribution in [0.2, 0.25) is 0 Å². The molecule has 1 aliphatic heterocycles. The van der Waals surface area contributed by atoms with Crippen molar-refractivity contribution in [3.63, 3.8) is 0 Å². The Morgan fingerprint density at radius 2 is 2.04 bits per heavy atom. The first-order valence-electron chi connectivity index (χ1n) is 9.01. The minimum absolute atomic E-state index is 0.0984. The Balaban J connectivity index is 1.60. The summed E-state index contributed by atoms with van der Waals surface area (Å²) >= 11 is 1.47. The molecule has 0 aromatic heterocycles. The number of piperidine rings is 1. The fourth-order valence-corrected chi connectivity index (χ4v) is 4.96. The van der Waals surface area contributed by atoms with Crippen LogP contribution in [-0.4, -0.2) is 30.8 Å². The van der Waals surface area contributed by atoms with Gasteiger partial charge in [-0.25, -0.2) is 0 Å². The monoisotopic (exact) mass is 344 g/mol. The second-order valence-corrected chi connectivity index (χ2v) is 7.89. The highest BCUT2D eigenvalue weighted by molar-refractivity contribution is 7.99. The molecule has 0 spiro atoms. The van der Waals surface area contributed by atoms with E-state index >= 15 is 0 Å².